The van der Waals surface area contributed by atoms with Gasteiger partial charge in [-0.3, -0.25) is 9.48 Å². The van der Waals surface area contributed by atoms with E-state index in [-0.39, 0.29) is 18.1 Å². The van der Waals surface area contributed by atoms with Gasteiger partial charge in [-0.15, -0.1) is 11.3 Å². The van der Waals surface area contributed by atoms with Crippen LogP contribution in [0.15, 0.2) is 6.07 Å². The van der Waals surface area contributed by atoms with Crippen molar-refractivity contribution in [1.82, 2.24) is 14.7 Å². The van der Waals surface area contributed by atoms with E-state index in [0.29, 0.717) is 21.5 Å². The Bertz CT molecular complexity index is 844. The molecule has 2 fully saturated rings. The molecule has 142 valence electrons. The molecule has 0 bridgehead atoms. The number of thiophene rings is 1. The smallest absolute Gasteiger partial charge is 0.282 e. The van der Waals surface area contributed by atoms with Crippen molar-refractivity contribution in [3.05, 3.63) is 16.6 Å². The monoisotopic (exact) mass is 385 g/mol. The van der Waals surface area contributed by atoms with E-state index in [1.165, 1.54) is 10.7 Å². The number of nitrogens with zero attached hydrogens (tertiary/aromatic N) is 3. The highest BCUT2D eigenvalue weighted by atomic mass is 32.1. The second kappa shape index (κ2) is 6.24. The van der Waals surface area contributed by atoms with Crippen molar-refractivity contribution in [1.29, 1.82) is 0 Å². The van der Waals surface area contributed by atoms with Crippen LogP contribution in [0.25, 0.3) is 10.2 Å². The number of aryl methyl sites for hydroxylation is 1. The summed E-state index contributed by atoms with van der Waals surface area (Å²) in [7, 11) is 1.58. The molecule has 0 aromatic carbocycles. The predicted octanol–water partition coefficient (Wildman–Crippen LogP) is 2.45. The molecule has 9 heteroatoms. The molecule has 2 aromatic rings. The summed E-state index contributed by atoms with van der Waals surface area (Å²) in [5.41, 5.74) is -0.766. The zero-order valence-corrected chi connectivity index (χ0v) is 15.2. The van der Waals surface area contributed by atoms with Crippen molar-refractivity contribution in [2.75, 3.05) is 6.54 Å². The van der Waals surface area contributed by atoms with E-state index in [4.69, 9.17) is 0 Å². The van der Waals surface area contributed by atoms with Crippen molar-refractivity contribution in [3.8, 4) is 0 Å². The minimum atomic E-state index is -2.70. The summed E-state index contributed by atoms with van der Waals surface area (Å²) in [6, 6.07) is 1.48. The second-order valence-corrected chi connectivity index (χ2v) is 8.36. The minimum absolute atomic E-state index is 0.0637. The fourth-order valence-corrected chi connectivity index (χ4v) is 5.44. The third-order valence-electron chi connectivity index (χ3n) is 5.71. The van der Waals surface area contributed by atoms with Crippen LogP contribution < -0.4 is 0 Å². The number of amides is 1. The summed E-state index contributed by atoms with van der Waals surface area (Å²) in [6.07, 6.45) is -0.656. The molecule has 1 aliphatic carbocycles. The lowest BCUT2D eigenvalue weighted by Gasteiger charge is -2.48. The molecule has 2 N–H and O–H groups in total. The number of aromatic nitrogens is 2. The maximum Gasteiger partial charge on any atom is 0.282 e. The molecule has 1 aliphatic heterocycles. The fourth-order valence-electron chi connectivity index (χ4n) is 4.41. The zero-order chi connectivity index (χ0) is 18.6. The van der Waals surface area contributed by atoms with Gasteiger partial charge in [-0.25, -0.2) is 8.78 Å². The molecule has 0 unspecified atom stereocenters. The van der Waals surface area contributed by atoms with E-state index >= 15 is 0 Å². The van der Waals surface area contributed by atoms with Gasteiger partial charge in [0, 0.05) is 18.0 Å². The maximum atomic E-state index is 13.2. The number of alkyl halides is 2. The number of halogens is 2. The molecule has 0 radical (unpaired) electrons. The number of hydrogen-bond acceptors (Lipinski definition) is 5. The molecule has 1 spiro atoms. The molecule has 4 rings (SSSR count). The lowest BCUT2D eigenvalue weighted by Crippen LogP contribution is -2.61. The first-order chi connectivity index (χ1) is 12.3. The van der Waals surface area contributed by atoms with Crippen LogP contribution in [0.2, 0.25) is 0 Å². The van der Waals surface area contributed by atoms with Gasteiger partial charge in [-0.05, 0) is 25.3 Å². The Morgan fingerprint density at radius 3 is 2.69 bits per heavy atom. The number of likely N-dealkylation sites (tertiary alicyclic amines) is 1. The van der Waals surface area contributed by atoms with Crippen molar-refractivity contribution < 1.29 is 23.8 Å². The number of fused-ring (bicyclic) bond motifs is 1. The quantitative estimate of drug-likeness (QED) is 0.832. The second-order valence-electron chi connectivity index (χ2n) is 7.33. The molecule has 26 heavy (non-hydrogen) atoms. The number of aliphatic hydroxyl groups excluding tert-OH is 2. The molecule has 2 atom stereocenters. The number of carbonyl (C=O) groups excluding carboxylic acids is 1. The van der Waals surface area contributed by atoms with E-state index < -0.39 is 24.2 Å². The average Bonchev–Trinajstić information content (AvgIpc) is 3.28. The molecule has 2 aromatic heterocycles. The Morgan fingerprint density at radius 2 is 2.04 bits per heavy atom. The van der Waals surface area contributed by atoms with Crippen molar-refractivity contribution >= 4 is 27.5 Å². The van der Waals surface area contributed by atoms with Crippen LogP contribution in [0.4, 0.5) is 8.78 Å². The molecule has 1 saturated carbocycles. The number of rotatable bonds is 2. The topological polar surface area (TPSA) is 78.6 Å². The molecule has 1 saturated heterocycles. The highest BCUT2D eigenvalue weighted by Gasteiger charge is 2.49. The Kier molecular flexibility index (Phi) is 4.28. The summed E-state index contributed by atoms with van der Waals surface area (Å²) >= 11 is 1.14. The van der Waals surface area contributed by atoms with Crippen LogP contribution in [0.1, 0.15) is 53.9 Å². The van der Waals surface area contributed by atoms with E-state index in [0.717, 1.165) is 37.0 Å². The fraction of sp³-hybridized carbons (Fsp3) is 0.647. The van der Waals surface area contributed by atoms with Crippen molar-refractivity contribution in [3.63, 3.8) is 0 Å². The summed E-state index contributed by atoms with van der Waals surface area (Å²) in [5.74, 6) is -0.265. The van der Waals surface area contributed by atoms with Crippen LogP contribution in [0, 0.1) is 0 Å². The minimum Gasteiger partial charge on any atom is -0.390 e. The van der Waals surface area contributed by atoms with Crippen LogP contribution in [-0.4, -0.2) is 55.1 Å². The Hall–Kier alpha value is -1.58. The van der Waals surface area contributed by atoms with E-state index in [9.17, 15) is 23.8 Å². The van der Waals surface area contributed by atoms with E-state index in [1.807, 2.05) is 0 Å². The van der Waals surface area contributed by atoms with Crippen LogP contribution in [0.3, 0.4) is 0 Å². The SMILES string of the molecule is Cn1nc(C(F)F)c2cc(C(=O)N3C[C@@H](O)[C@@H](O)CC34CCCC4)sc21. The first-order valence-corrected chi connectivity index (χ1v) is 9.57. The number of aliphatic hydroxyl groups is 2. The lowest BCUT2D eigenvalue weighted by atomic mass is 9.82. The molecular weight excluding hydrogens is 364 g/mol. The summed E-state index contributed by atoms with van der Waals surface area (Å²) in [5, 5.41) is 24.3. The van der Waals surface area contributed by atoms with Crippen LogP contribution >= 0.6 is 11.3 Å². The number of hydrogen-bond donors (Lipinski definition) is 2. The number of β-amino-alcohol motifs (C(OH)–C–C–N with tert-alkyl or cyclic N) is 1. The largest absolute Gasteiger partial charge is 0.390 e. The Labute approximate surface area is 153 Å². The summed E-state index contributed by atoms with van der Waals surface area (Å²) in [6.45, 7) is 0.0637. The van der Waals surface area contributed by atoms with E-state index in [1.54, 1.807) is 11.9 Å². The van der Waals surface area contributed by atoms with E-state index in [2.05, 4.69) is 5.10 Å². The summed E-state index contributed by atoms with van der Waals surface area (Å²) < 4.78 is 27.7. The third-order valence-corrected chi connectivity index (χ3v) is 6.90. The highest BCUT2D eigenvalue weighted by molar-refractivity contribution is 7.20. The zero-order valence-electron chi connectivity index (χ0n) is 14.4. The molecule has 1 amide bonds. The third kappa shape index (κ3) is 2.64. The molecule has 2 aliphatic rings. The van der Waals surface area contributed by atoms with Gasteiger partial charge >= 0.3 is 0 Å². The first kappa shape index (κ1) is 17.8. The predicted molar refractivity (Wildman–Crippen MR) is 92.4 cm³/mol. The number of piperidine rings is 1. The van der Waals surface area contributed by atoms with Gasteiger partial charge in [0.05, 0.1) is 23.6 Å². The van der Waals surface area contributed by atoms with Gasteiger partial charge in [-0.2, -0.15) is 5.10 Å². The lowest BCUT2D eigenvalue weighted by molar-refractivity contribution is -0.0823. The standard InChI is InChI=1S/C17H21F2N3O3S/c1-21-16-9(13(20-21)14(18)19)6-12(26-16)15(25)22-8-11(24)10(23)7-17(22)4-2-3-5-17/h6,10-11,14,23-24H,2-5,7-8H2,1H3/t10-,11+/m0/s1. The maximum absolute atomic E-state index is 13.2. The first-order valence-electron chi connectivity index (χ1n) is 8.75. The Morgan fingerprint density at radius 1 is 1.35 bits per heavy atom. The van der Waals surface area contributed by atoms with Crippen molar-refractivity contribution in [2.45, 2.75) is 56.3 Å². The van der Waals surface area contributed by atoms with Gasteiger partial charge < -0.3 is 15.1 Å². The molecular formula is C17H21F2N3O3S. The average molecular weight is 385 g/mol. The summed E-state index contributed by atoms with van der Waals surface area (Å²) in [4.78, 5) is 15.8. The Balaban J connectivity index is 1.72. The highest BCUT2D eigenvalue weighted by Crippen LogP contribution is 2.44. The van der Waals surface area contributed by atoms with Gasteiger partial charge in [0.25, 0.3) is 12.3 Å². The molecule has 3 heterocycles. The number of carbonyl (C=O) groups is 1. The van der Waals surface area contributed by atoms with Gasteiger partial charge in [0.2, 0.25) is 0 Å². The van der Waals surface area contributed by atoms with Gasteiger partial charge in [-0.1, -0.05) is 12.8 Å². The molecule has 6 nitrogen and oxygen atoms in total. The van der Waals surface area contributed by atoms with Gasteiger partial charge in [0.1, 0.15) is 10.5 Å². The van der Waals surface area contributed by atoms with Crippen LogP contribution in [-0.2, 0) is 7.05 Å². The van der Waals surface area contributed by atoms with Crippen molar-refractivity contribution in [2.24, 2.45) is 7.05 Å². The normalized spacial score (nSPS) is 25.7. The van der Waals surface area contributed by atoms with Crippen LogP contribution in [0.5, 0.6) is 0 Å². The van der Waals surface area contributed by atoms with Gasteiger partial charge in [0.15, 0.2) is 0 Å².